The van der Waals surface area contributed by atoms with Crippen LogP contribution in [0.3, 0.4) is 0 Å². The number of benzene rings is 1. The number of halogens is 1. The second-order valence-corrected chi connectivity index (χ2v) is 6.78. The Bertz CT molecular complexity index is 840. The van der Waals surface area contributed by atoms with E-state index in [4.69, 9.17) is 16.1 Å². The van der Waals surface area contributed by atoms with Crippen LogP contribution in [0, 0.1) is 0 Å². The SMILES string of the molecule is O=C(c1cccs1)N1CCc2c(noc2-c2ccc(Cl)cc2)C1. The third kappa shape index (κ3) is 2.66. The summed E-state index contributed by atoms with van der Waals surface area (Å²) in [4.78, 5) is 15.0. The summed E-state index contributed by atoms with van der Waals surface area (Å²) in [5.41, 5.74) is 2.88. The Hall–Kier alpha value is -2.11. The van der Waals surface area contributed by atoms with Crippen LogP contribution < -0.4 is 0 Å². The molecule has 0 saturated carbocycles. The van der Waals surface area contributed by atoms with E-state index in [-0.39, 0.29) is 5.91 Å². The van der Waals surface area contributed by atoms with Gasteiger partial charge < -0.3 is 9.42 Å². The number of hydrogen-bond donors (Lipinski definition) is 0. The van der Waals surface area contributed by atoms with Gasteiger partial charge in [0.1, 0.15) is 5.69 Å². The Kier molecular flexibility index (Phi) is 3.67. The van der Waals surface area contributed by atoms with Gasteiger partial charge in [-0.15, -0.1) is 11.3 Å². The van der Waals surface area contributed by atoms with E-state index in [2.05, 4.69) is 5.16 Å². The molecule has 0 N–H and O–H groups in total. The van der Waals surface area contributed by atoms with Gasteiger partial charge in [0.2, 0.25) is 0 Å². The lowest BCUT2D eigenvalue weighted by atomic mass is 10.0. The fourth-order valence-corrected chi connectivity index (χ4v) is 3.61. The lowest BCUT2D eigenvalue weighted by Gasteiger charge is -2.25. The van der Waals surface area contributed by atoms with Gasteiger partial charge in [0.25, 0.3) is 5.91 Å². The average molecular weight is 345 g/mol. The first-order chi connectivity index (χ1) is 11.2. The summed E-state index contributed by atoms with van der Waals surface area (Å²) >= 11 is 7.39. The van der Waals surface area contributed by atoms with Crippen LogP contribution in [-0.2, 0) is 13.0 Å². The highest BCUT2D eigenvalue weighted by Crippen LogP contribution is 2.31. The molecule has 1 aromatic carbocycles. The van der Waals surface area contributed by atoms with E-state index in [9.17, 15) is 4.79 Å². The predicted octanol–water partition coefficient (Wildman–Crippen LogP) is 4.26. The summed E-state index contributed by atoms with van der Waals surface area (Å²) in [5, 5.41) is 6.77. The molecule has 1 aliphatic rings. The summed E-state index contributed by atoms with van der Waals surface area (Å²) < 4.78 is 5.53. The maximum absolute atomic E-state index is 12.4. The van der Waals surface area contributed by atoms with Gasteiger partial charge in [0.05, 0.1) is 11.4 Å². The minimum absolute atomic E-state index is 0.0571. The first kappa shape index (κ1) is 14.5. The van der Waals surface area contributed by atoms with Crippen molar-refractivity contribution < 1.29 is 9.32 Å². The van der Waals surface area contributed by atoms with Gasteiger partial charge in [-0.2, -0.15) is 0 Å². The normalized spacial score (nSPS) is 13.9. The Labute approximate surface area is 142 Å². The number of thiophene rings is 1. The summed E-state index contributed by atoms with van der Waals surface area (Å²) in [6.07, 6.45) is 0.744. The number of rotatable bonds is 2. The van der Waals surface area contributed by atoms with E-state index in [1.54, 1.807) is 0 Å². The average Bonchev–Trinajstić information content (AvgIpc) is 3.24. The van der Waals surface area contributed by atoms with Crippen molar-refractivity contribution in [1.82, 2.24) is 10.1 Å². The Morgan fingerprint density at radius 1 is 1.26 bits per heavy atom. The van der Waals surface area contributed by atoms with Gasteiger partial charge in [-0.05, 0) is 42.1 Å². The van der Waals surface area contributed by atoms with Crippen LogP contribution in [0.1, 0.15) is 20.9 Å². The zero-order valence-electron chi connectivity index (χ0n) is 12.2. The highest BCUT2D eigenvalue weighted by atomic mass is 35.5. The highest BCUT2D eigenvalue weighted by molar-refractivity contribution is 7.12. The molecule has 23 heavy (non-hydrogen) atoms. The smallest absolute Gasteiger partial charge is 0.264 e. The van der Waals surface area contributed by atoms with Crippen LogP contribution >= 0.6 is 22.9 Å². The van der Waals surface area contributed by atoms with Crippen LogP contribution in [0.4, 0.5) is 0 Å². The quantitative estimate of drug-likeness (QED) is 0.698. The highest BCUT2D eigenvalue weighted by Gasteiger charge is 2.28. The molecule has 0 saturated heterocycles. The molecule has 4 rings (SSSR count). The summed E-state index contributed by atoms with van der Waals surface area (Å²) in [5.74, 6) is 0.835. The first-order valence-corrected chi connectivity index (χ1v) is 8.54. The molecule has 1 amide bonds. The Morgan fingerprint density at radius 2 is 2.09 bits per heavy atom. The van der Waals surface area contributed by atoms with Crippen molar-refractivity contribution in [3.05, 3.63) is 62.9 Å². The Morgan fingerprint density at radius 3 is 2.83 bits per heavy atom. The fraction of sp³-hybridized carbons (Fsp3) is 0.176. The van der Waals surface area contributed by atoms with E-state index in [1.165, 1.54) is 11.3 Å². The molecule has 0 atom stereocenters. The largest absolute Gasteiger partial charge is 0.356 e. The second-order valence-electron chi connectivity index (χ2n) is 5.40. The number of carbonyl (C=O) groups is 1. The van der Waals surface area contributed by atoms with Gasteiger partial charge >= 0.3 is 0 Å². The van der Waals surface area contributed by atoms with Gasteiger partial charge in [-0.3, -0.25) is 4.79 Å². The maximum Gasteiger partial charge on any atom is 0.264 e. The fourth-order valence-electron chi connectivity index (χ4n) is 2.79. The molecular formula is C17H13ClN2O2S. The van der Waals surface area contributed by atoms with Crippen molar-refractivity contribution in [2.24, 2.45) is 0 Å². The number of hydrogen-bond acceptors (Lipinski definition) is 4. The van der Waals surface area contributed by atoms with Crippen molar-refractivity contribution in [3.63, 3.8) is 0 Å². The molecule has 0 radical (unpaired) electrons. The molecule has 0 bridgehead atoms. The molecule has 6 heteroatoms. The molecule has 0 aliphatic carbocycles. The van der Waals surface area contributed by atoms with Crippen molar-refractivity contribution in [2.75, 3.05) is 6.54 Å². The summed E-state index contributed by atoms with van der Waals surface area (Å²) in [7, 11) is 0. The molecule has 0 unspecified atom stereocenters. The van der Waals surface area contributed by atoms with Gasteiger partial charge in [0.15, 0.2) is 5.76 Å². The van der Waals surface area contributed by atoms with E-state index in [1.807, 2.05) is 46.7 Å². The minimum Gasteiger partial charge on any atom is -0.356 e. The third-order valence-electron chi connectivity index (χ3n) is 3.97. The molecular weight excluding hydrogens is 332 g/mol. The molecule has 1 aliphatic heterocycles. The van der Waals surface area contributed by atoms with Crippen molar-refractivity contribution in [1.29, 1.82) is 0 Å². The number of carbonyl (C=O) groups excluding carboxylic acids is 1. The van der Waals surface area contributed by atoms with E-state index in [0.717, 1.165) is 33.9 Å². The summed E-state index contributed by atoms with van der Waals surface area (Å²) in [6, 6.07) is 11.3. The summed E-state index contributed by atoms with van der Waals surface area (Å²) in [6.45, 7) is 1.16. The molecule has 2 aromatic heterocycles. The van der Waals surface area contributed by atoms with Crippen LogP contribution in [0.2, 0.25) is 5.02 Å². The standard InChI is InChI=1S/C17H13ClN2O2S/c18-12-5-3-11(4-6-12)16-13-7-8-20(10-14(13)19-22-16)17(21)15-2-1-9-23-15/h1-6,9H,7-8,10H2. The van der Waals surface area contributed by atoms with Crippen molar-refractivity contribution in [3.8, 4) is 11.3 Å². The zero-order valence-corrected chi connectivity index (χ0v) is 13.7. The third-order valence-corrected chi connectivity index (χ3v) is 5.08. The molecule has 3 heterocycles. The van der Waals surface area contributed by atoms with Crippen molar-refractivity contribution >= 4 is 28.8 Å². The topological polar surface area (TPSA) is 46.3 Å². The van der Waals surface area contributed by atoms with Crippen LogP contribution in [-0.4, -0.2) is 22.5 Å². The van der Waals surface area contributed by atoms with Crippen LogP contribution in [0.15, 0.2) is 46.3 Å². The molecule has 0 spiro atoms. The van der Waals surface area contributed by atoms with Crippen LogP contribution in [0.5, 0.6) is 0 Å². The van der Waals surface area contributed by atoms with E-state index in [0.29, 0.717) is 18.1 Å². The first-order valence-electron chi connectivity index (χ1n) is 7.28. The number of amides is 1. The predicted molar refractivity (Wildman–Crippen MR) is 89.7 cm³/mol. The lowest BCUT2D eigenvalue weighted by molar-refractivity contribution is 0.0736. The number of fused-ring (bicyclic) bond motifs is 1. The monoisotopic (exact) mass is 344 g/mol. The molecule has 4 nitrogen and oxygen atoms in total. The number of aromatic nitrogens is 1. The van der Waals surface area contributed by atoms with Gasteiger partial charge in [-0.1, -0.05) is 22.8 Å². The van der Waals surface area contributed by atoms with Crippen molar-refractivity contribution in [2.45, 2.75) is 13.0 Å². The Balaban J connectivity index is 1.60. The van der Waals surface area contributed by atoms with E-state index < -0.39 is 0 Å². The van der Waals surface area contributed by atoms with E-state index >= 15 is 0 Å². The molecule has 0 fully saturated rings. The second kappa shape index (κ2) is 5.83. The zero-order chi connectivity index (χ0) is 15.8. The van der Waals surface area contributed by atoms with Gasteiger partial charge in [0, 0.05) is 22.7 Å². The number of nitrogens with zero attached hydrogens (tertiary/aromatic N) is 2. The molecule has 116 valence electrons. The van der Waals surface area contributed by atoms with Crippen LogP contribution in [0.25, 0.3) is 11.3 Å². The maximum atomic E-state index is 12.4. The lowest BCUT2D eigenvalue weighted by Crippen LogP contribution is -2.35. The minimum atomic E-state index is 0.0571. The van der Waals surface area contributed by atoms with Gasteiger partial charge in [-0.25, -0.2) is 0 Å². The molecule has 3 aromatic rings.